The lowest BCUT2D eigenvalue weighted by Crippen LogP contribution is -2.17. The summed E-state index contributed by atoms with van der Waals surface area (Å²) >= 11 is 0. The molecule has 0 aliphatic heterocycles. The van der Waals surface area contributed by atoms with E-state index in [9.17, 15) is 10.1 Å². The number of hydrogen-bond acceptors (Lipinski definition) is 5. The summed E-state index contributed by atoms with van der Waals surface area (Å²) in [6, 6.07) is 0. The molecule has 0 amide bonds. The molecule has 0 aliphatic rings. The number of hydrogen-bond donors (Lipinski definition) is 0. The molecular formula is C6H14NO5P. The van der Waals surface area contributed by atoms with Crippen molar-refractivity contribution in [1.29, 1.82) is 0 Å². The average molecular weight is 211 g/mol. The van der Waals surface area contributed by atoms with Crippen LogP contribution >= 0.6 is 8.60 Å². The van der Waals surface area contributed by atoms with Gasteiger partial charge in [0.15, 0.2) is 0 Å². The Morgan fingerprint density at radius 1 is 1.38 bits per heavy atom. The Kier molecular flexibility index (Phi) is 6.99. The quantitative estimate of drug-likeness (QED) is 0.278. The Labute approximate surface area is 78.3 Å². The molecule has 0 aromatic rings. The molecule has 78 valence electrons. The highest BCUT2D eigenvalue weighted by atomic mass is 31.2. The summed E-state index contributed by atoms with van der Waals surface area (Å²) < 4.78 is 15.0. The Morgan fingerprint density at radius 3 is 2.15 bits per heavy atom. The molecule has 0 aliphatic carbocycles. The molecule has 0 heterocycles. The molecule has 1 atom stereocenters. The first-order chi connectivity index (χ1) is 6.11. The lowest BCUT2D eigenvalue weighted by Gasteiger charge is -2.14. The van der Waals surface area contributed by atoms with Crippen LogP contribution in [0.5, 0.6) is 0 Å². The molecule has 0 aromatic heterocycles. The number of rotatable bonds is 7. The SMILES string of the molecule is CCOP(OCC)OC(C)[N+](=O)[O-]. The third kappa shape index (κ3) is 5.87. The zero-order chi connectivity index (χ0) is 10.3. The van der Waals surface area contributed by atoms with Crippen molar-refractivity contribution in [3.8, 4) is 0 Å². The highest BCUT2D eigenvalue weighted by Gasteiger charge is 2.22. The Morgan fingerprint density at radius 2 is 1.85 bits per heavy atom. The van der Waals surface area contributed by atoms with Gasteiger partial charge in [-0.15, -0.1) is 0 Å². The van der Waals surface area contributed by atoms with Gasteiger partial charge in [0.25, 0.3) is 0 Å². The number of nitrogens with zero attached hydrogens (tertiary/aromatic N) is 1. The summed E-state index contributed by atoms with van der Waals surface area (Å²) in [5.41, 5.74) is 0. The van der Waals surface area contributed by atoms with E-state index in [2.05, 4.69) is 0 Å². The average Bonchev–Trinajstić information content (AvgIpc) is 2.05. The van der Waals surface area contributed by atoms with Crippen LogP contribution in [-0.2, 0) is 13.6 Å². The van der Waals surface area contributed by atoms with Gasteiger partial charge in [0.05, 0.1) is 18.1 Å². The maximum Gasteiger partial charge on any atom is 0.338 e. The van der Waals surface area contributed by atoms with Crippen molar-refractivity contribution >= 4 is 8.60 Å². The summed E-state index contributed by atoms with van der Waals surface area (Å²) in [5.74, 6) is 0. The molecule has 0 rings (SSSR count). The largest absolute Gasteiger partial charge is 0.338 e. The monoisotopic (exact) mass is 211 g/mol. The second kappa shape index (κ2) is 7.15. The molecule has 13 heavy (non-hydrogen) atoms. The van der Waals surface area contributed by atoms with Gasteiger partial charge in [-0.05, 0) is 13.8 Å². The van der Waals surface area contributed by atoms with Crippen molar-refractivity contribution in [1.82, 2.24) is 0 Å². The molecule has 7 heteroatoms. The molecule has 0 radical (unpaired) electrons. The summed E-state index contributed by atoms with van der Waals surface area (Å²) in [6.45, 7) is 5.71. The van der Waals surface area contributed by atoms with Gasteiger partial charge in [-0.3, -0.25) is 10.1 Å². The predicted octanol–water partition coefficient (Wildman–Crippen LogP) is 1.93. The minimum atomic E-state index is -1.57. The van der Waals surface area contributed by atoms with Gasteiger partial charge in [0.2, 0.25) is 0 Å². The van der Waals surface area contributed by atoms with E-state index in [1.807, 2.05) is 0 Å². The van der Waals surface area contributed by atoms with Gasteiger partial charge in [-0.2, -0.15) is 0 Å². The fraction of sp³-hybridized carbons (Fsp3) is 1.00. The van der Waals surface area contributed by atoms with Crippen LogP contribution in [0.25, 0.3) is 0 Å². The highest BCUT2D eigenvalue weighted by Crippen LogP contribution is 2.40. The van der Waals surface area contributed by atoms with Crippen molar-refractivity contribution in [2.75, 3.05) is 13.2 Å². The van der Waals surface area contributed by atoms with Crippen molar-refractivity contribution < 1.29 is 18.5 Å². The van der Waals surface area contributed by atoms with Crippen LogP contribution in [0.15, 0.2) is 0 Å². The second-order valence-corrected chi connectivity index (χ2v) is 3.22. The molecule has 0 spiro atoms. The smallest absolute Gasteiger partial charge is 0.312 e. The van der Waals surface area contributed by atoms with E-state index < -0.39 is 19.8 Å². The van der Waals surface area contributed by atoms with Crippen molar-refractivity contribution in [2.24, 2.45) is 0 Å². The number of nitro groups is 1. The van der Waals surface area contributed by atoms with Crippen LogP contribution in [0.1, 0.15) is 20.8 Å². The molecule has 0 bridgehead atoms. The van der Waals surface area contributed by atoms with Crippen LogP contribution in [0.2, 0.25) is 0 Å². The maximum absolute atomic E-state index is 10.2. The zero-order valence-corrected chi connectivity index (χ0v) is 8.82. The first kappa shape index (κ1) is 12.7. The van der Waals surface area contributed by atoms with E-state index >= 15 is 0 Å². The minimum absolute atomic E-state index is 0.413. The summed E-state index contributed by atoms with van der Waals surface area (Å²) in [7, 11) is -1.57. The van der Waals surface area contributed by atoms with Crippen molar-refractivity contribution in [2.45, 2.75) is 27.0 Å². The fourth-order valence-corrected chi connectivity index (χ4v) is 1.42. The van der Waals surface area contributed by atoms with Crippen LogP contribution < -0.4 is 0 Å². The summed E-state index contributed by atoms with van der Waals surface area (Å²) in [5, 5.41) is 10.2. The molecular weight excluding hydrogens is 197 g/mol. The van der Waals surface area contributed by atoms with E-state index in [1.165, 1.54) is 6.92 Å². The minimum Gasteiger partial charge on any atom is -0.312 e. The van der Waals surface area contributed by atoms with Crippen molar-refractivity contribution in [3.63, 3.8) is 0 Å². The molecule has 0 saturated heterocycles. The second-order valence-electron chi connectivity index (χ2n) is 2.05. The van der Waals surface area contributed by atoms with Gasteiger partial charge in [-0.1, -0.05) is 0 Å². The van der Waals surface area contributed by atoms with Crippen LogP contribution in [-0.4, -0.2) is 24.4 Å². The van der Waals surface area contributed by atoms with Crippen molar-refractivity contribution in [3.05, 3.63) is 10.1 Å². The zero-order valence-electron chi connectivity index (χ0n) is 7.93. The third-order valence-electron chi connectivity index (χ3n) is 1.00. The first-order valence-corrected chi connectivity index (χ1v) is 5.07. The van der Waals surface area contributed by atoms with Crippen LogP contribution in [0, 0.1) is 10.1 Å². The third-order valence-corrected chi connectivity index (χ3v) is 2.42. The standard InChI is InChI=1S/C6H14NO5P/c1-4-10-13(11-5-2)12-6(3)7(8)9/h6H,4-5H2,1-3H3. The first-order valence-electron chi connectivity index (χ1n) is 3.98. The molecule has 0 saturated carbocycles. The molecule has 0 aromatic carbocycles. The maximum atomic E-state index is 10.2. The molecule has 0 fully saturated rings. The van der Waals surface area contributed by atoms with Gasteiger partial charge in [0, 0.05) is 6.92 Å². The fourth-order valence-electron chi connectivity index (χ4n) is 0.472. The van der Waals surface area contributed by atoms with Gasteiger partial charge in [0.1, 0.15) is 0 Å². The highest BCUT2D eigenvalue weighted by molar-refractivity contribution is 7.41. The van der Waals surface area contributed by atoms with E-state index in [0.717, 1.165) is 0 Å². The normalized spacial score (nSPS) is 13.2. The van der Waals surface area contributed by atoms with E-state index in [1.54, 1.807) is 13.8 Å². The van der Waals surface area contributed by atoms with E-state index in [0.29, 0.717) is 13.2 Å². The Balaban J connectivity index is 3.85. The van der Waals surface area contributed by atoms with Gasteiger partial charge in [-0.25, -0.2) is 4.52 Å². The Hall–Kier alpha value is -0.290. The van der Waals surface area contributed by atoms with Gasteiger partial charge < -0.3 is 9.05 Å². The lowest BCUT2D eigenvalue weighted by atomic mass is 10.7. The topological polar surface area (TPSA) is 70.8 Å². The molecule has 0 N–H and O–H groups in total. The predicted molar refractivity (Wildman–Crippen MR) is 47.7 cm³/mol. The van der Waals surface area contributed by atoms with Gasteiger partial charge >= 0.3 is 14.8 Å². The molecule has 6 nitrogen and oxygen atoms in total. The summed E-state index contributed by atoms with van der Waals surface area (Å²) in [6.07, 6.45) is -1.09. The summed E-state index contributed by atoms with van der Waals surface area (Å²) in [4.78, 5) is 9.69. The Bertz CT molecular complexity index is 150. The van der Waals surface area contributed by atoms with Crippen LogP contribution in [0.4, 0.5) is 0 Å². The van der Waals surface area contributed by atoms with E-state index in [4.69, 9.17) is 13.6 Å². The van der Waals surface area contributed by atoms with E-state index in [-0.39, 0.29) is 0 Å². The lowest BCUT2D eigenvalue weighted by molar-refractivity contribution is -0.558. The van der Waals surface area contributed by atoms with Crippen LogP contribution in [0.3, 0.4) is 0 Å². The molecule has 1 unspecified atom stereocenters.